The van der Waals surface area contributed by atoms with E-state index >= 15 is 0 Å². The van der Waals surface area contributed by atoms with E-state index in [-0.39, 0.29) is 18.8 Å². The molecule has 1 saturated carbocycles. The Labute approximate surface area is 97.0 Å². The number of ether oxygens (including phenoxy) is 1. The van der Waals surface area contributed by atoms with E-state index in [9.17, 15) is 10.2 Å². The van der Waals surface area contributed by atoms with Crippen LogP contribution in [0.25, 0.3) is 0 Å². The molecule has 0 aromatic rings. The molecule has 2 fully saturated rings. The van der Waals surface area contributed by atoms with Crippen LogP contribution in [0.2, 0.25) is 0 Å². The molecule has 0 aromatic heterocycles. The average molecular weight is 229 g/mol. The molecule has 0 bridgehead atoms. The molecule has 1 spiro atoms. The van der Waals surface area contributed by atoms with Crippen molar-refractivity contribution in [2.45, 2.75) is 56.2 Å². The first-order chi connectivity index (χ1) is 7.61. The smallest absolute Gasteiger partial charge is 0.0697 e. The molecular formula is C12H23NO3. The van der Waals surface area contributed by atoms with E-state index in [4.69, 9.17) is 4.74 Å². The Kier molecular flexibility index (Phi) is 3.54. The molecular weight excluding hydrogens is 206 g/mol. The second-order valence-corrected chi connectivity index (χ2v) is 5.60. The highest BCUT2D eigenvalue weighted by Gasteiger charge is 2.43. The summed E-state index contributed by atoms with van der Waals surface area (Å²) in [5.74, 6) is 0. The number of hydrogen-bond donors (Lipinski definition) is 3. The van der Waals surface area contributed by atoms with E-state index in [1.165, 1.54) is 19.3 Å². The first-order valence-electron chi connectivity index (χ1n) is 6.25. The van der Waals surface area contributed by atoms with Gasteiger partial charge in [-0.15, -0.1) is 0 Å². The van der Waals surface area contributed by atoms with E-state index in [0.29, 0.717) is 6.04 Å². The van der Waals surface area contributed by atoms with Crippen molar-refractivity contribution in [1.82, 2.24) is 5.32 Å². The predicted octanol–water partition coefficient (Wildman–Crippen LogP) is 0.421. The van der Waals surface area contributed by atoms with Gasteiger partial charge < -0.3 is 20.3 Å². The van der Waals surface area contributed by atoms with E-state index in [0.717, 1.165) is 19.4 Å². The zero-order valence-electron chi connectivity index (χ0n) is 10.0. The van der Waals surface area contributed by atoms with Gasteiger partial charge >= 0.3 is 0 Å². The molecule has 0 radical (unpaired) electrons. The summed E-state index contributed by atoms with van der Waals surface area (Å²) in [7, 11) is 0. The highest BCUT2D eigenvalue weighted by Crippen LogP contribution is 2.42. The van der Waals surface area contributed by atoms with Crippen LogP contribution in [0.4, 0.5) is 0 Å². The molecule has 1 atom stereocenters. The van der Waals surface area contributed by atoms with Crippen LogP contribution >= 0.6 is 0 Å². The Hall–Kier alpha value is -0.160. The lowest BCUT2D eigenvalue weighted by molar-refractivity contribution is -0.138. The summed E-state index contributed by atoms with van der Waals surface area (Å²) in [6.45, 7) is 2.59. The van der Waals surface area contributed by atoms with Crippen molar-refractivity contribution in [2.24, 2.45) is 0 Å². The minimum atomic E-state index is -0.563. The standard InChI is InChI=1S/C12H23NO3/c1-11(8-14,9-15)13-10-3-6-16-12(7-10)4-2-5-12/h10,13-15H,2-9H2,1H3. The molecule has 1 saturated heterocycles. The summed E-state index contributed by atoms with van der Waals surface area (Å²) in [5.41, 5.74) is -0.450. The van der Waals surface area contributed by atoms with Gasteiger partial charge in [-0.1, -0.05) is 0 Å². The van der Waals surface area contributed by atoms with Crippen molar-refractivity contribution in [1.29, 1.82) is 0 Å². The van der Waals surface area contributed by atoms with Crippen molar-refractivity contribution in [3.05, 3.63) is 0 Å². The second-order valence-electron chi connectivity index (χ2n) is 5.60. The quantitative estimate of drug-likeness (QED) is 0.654. The van der Waals surface area contributed by atoms with Crippen molar-refractivity contribution in [3.8, 4) is 0 Å². The van der Waals surface area contributed by atoms with Crippen LogP contribution in [0.15, 0.2) is 0 Å². The molecule has 4 heteroatoms. The summed E-state index contributed by atoms with van der Waals surface area (Å²) < 4.78 is 5.85. The lowest BCUT2D eigenvalue weighted by Gasteiger charge is -2.48. The highest BCUT2D eigenvalue weighted by atomic mass is 16.5. The number of nitrogens with one attached hydrogen (secondary N) is 1. The Morgan fingerprint density at radius 2 is 2.06 bits per heavy atom. The van der Waals surface area contributed by atoms with Crippen molar-refractivity contribution in [2.75, 3.05) is 19.8 Å². The molecule has 1 heterocycles. The van der Waals surface area contributed by atoms with Crippen LogP contribution in [0.3, 0.4) is 0 Å². The van der Waals surface area contributed by atoms with Gasteiger partial charge in [-0.3, -0.25) is 0 Å². The van der Waals surface area contributed by atoms with Gasteiger partial charge in [-0.2, -0.15) is 0 Å². The molecule has 1 aliphatic heterocycles. The fourth-order valence-corrected chi connectivity index (χ4v) is 2.70. The summed E-state index contributed by atoms with van der Waals surface area (Å²) in [4.78, 5) is 0. The Balaban J connectivity index is 1.89. The van der Waals surface area contributed by atoms with Crippen molar-refractivity contribution < 1.29 is 14.9 Å². The van der Waals surface area contributed by atoms with Crippen LogP contribution in [0, 0.1) is 0 Å². The topological polar surface area (TPSA) is 61.7 Å². The van der Waals surface area contributed by atoms with E-state index in [2.05, 4.69) is 5.32 Å². The highest BCUT2D eigenvalue weighted by molar-refractivity contribution is 4.98. The normalized spacial score (nSPS) is 29.1. The molecule has 1 aliphatic carbocycles. The molecule has 0 amide bonds. The largest absolute Gasteiger partial charge is 0.394 e. The minimum Gasteiger partial charge on any atom is -0.394 e. The third-order valence-electron chi connectivity index (χ3n) is 4.01. The van der Waals surface area contributed by atoms with Gasteiger partial charge in [0.15, 0.2) is 0 Å². The molecule has 1 unspecified atom stereocenters. The van der Waals surface area contributed by atoms with Gasteiger partial charge in [0.2, 0.25) is 0 Å². The first-order valence-corrected chi connectivity index (χ1v) is 6.25. The van der Waals surface area contributed by atoms with E-state index in [1.54, 1.807) is 0 Å². The van der Waals surface area contributed by atoms with E-state index in [1.807, 2.05) is 6.92 Å². The third kappa shape index (κ3) is 2.40. The van der Waals surface area contributed by atoms with Crippen molar-refractivity contribution >= 4 is 0 Å². The molecule has 2 aliphatic rings. The first kappa shape index (κ1) is 12.3. The fraction of sp³-hybridized carbons (Fsp3) is 1.00. The molecule has 4 nitrogen and oxygen atoms in total. The van der Waals surface area contributed by atoms with Crippen molar-refractivity contribution in [3.63, 3.8) is 0 Å². The van der Waals surface area contributed by atoms with Gasteiger partial charge in [-0.25, -0.2) is 0 Å². The van der Waals surface area contributed by atoms with Gasteiger partial charge in [0.05, 0.1) is 24.4 Å². The number of hydrogen-bond acceptors (Lipinski definition) is 4. The minimum absolute atomic E-state index is 0.0339. The predicted molar refractivity (Wildman–Crippen MR) is 61.3 cm³/mol. The average Bonchev–Trinajstić information content (AvgIpc) is 2.27. The lowest BCUT2D eigenvalue weighted by Crippen LogP contribution is -2.58. The van der Waals surface area contributed by atoms with E-state index < -0.39 is 5.54 Å². The summed E-state index contributed by atoms with van der Waals surface area (Å²) in [6.07, 6.45) is 5.59. The fourth-order valence-electron chi connectivity index (χ4n) is 2.70. The maximum atomic E-state index is 9.26. The molecule has 3 N–H and O–H groups in total. The Morgan fingerprint density at radius 1 is 1.38 bits per heavy atom. The van der Waals surface area contributed by atoms with Crippen LogP contribution in [-0.4, -0.2) is 47.2 Å². The van der Waals surface area contributed by atoms with Crippen LogP contribution in [-0.2, 0) is 4.74 Å². The Morgan fingerprint density at radius 3 is 2.56 bits per heavy atom. The number of rotatable bonds is 4. The number of aliphatic hydroxyl groups excluding tert-OH is 2. The van der Waals surface area contributed by atoms with Crippen LogP contribution < -0.4 is 5.32 Å². The monoisotopic (exact) mass is 229 g/mol. The summed E-state index contributed by atoms with van der Waals surface area (Å²) in [6, 6.07) is 0.360. The van der Waals surface area contributed by atoms with Crippen LogP contribution in [0.5, 0.6) is 0 Å². The van der Waals surface area contributed by atoms with Gasteiger partial charge in [0.25, 0.3) is 0 Å². The summed E-state index contributed by atoms with van der Waals surface area (Å²) >= 11 is 0. The third-order valence-corrected chi connectivity index (χ3v) is 4.01. The maximum Gasteiger partial charge on any atom is 0.0697 e. The Bertz CT molecular complexity index is 236. The van der Waals surface area contributed by atoms with Gasteiger partial charge in [-0.05, 0) is 39.0 Å². The lowest BCUT2D eigenvalue weighted by atomic mass is 9.73. The van der Waals surface area contributed by atoms with Gasteiger partial charge in [0, 0.05) is 12.6 Å². The maximum absolute atomic E-state index is 9.26. The molecule has 0 aromatic carbocycles. The SMILES string of the molecule is CC(CO)(CO)NC1CCOC2(CCC2)C1. The zero-order chi connectivity index (χ0) is 11.6. The molecule has 94 valence electrons. The molecule has 16 heavy (non-hydrogen) atoms. The van der Waals surface area contributed by atoms with Crippen LogP contribution in [0.1, 0.15) is 39.0 Å². The molecule has 2 rings (SSSR count). The zero-order valence-corrected chi connectivity index (χ0v) is 10.0. The second kappa shape index (κ2) is 4.61. The summed E-state index contributed by atoms with van der Waals surface area (Å²) in [5, 5.41) is 21.9. The number of aliphatic hydroxyl groups is 2. The van der Waals surface area contributed by atoms with Gasteiger partial charge in [0.1, 0.15) is 0 Å².